The fraction of sp³-hybridized carbons (Fsp3) is 0.533. The van der Waals surface area contributed by atoms with E-state index in [0.29, 0.717) is 12.2 Å². The van der Waals surface area contributed by atoms with E-state index >= 15 is 0 Å². The number of amides is 1. The number of anilines is 1. The van der Waals surface area contributed by atoms with Crippen LogP contribution in [0.2, 0.25) is 0 Å². The number of hydrogen-bond donors (Lipinski definition) is 1. The van der Waals surface area contributed by atoms with Crippen LogP contribution in [-0.4, -0.2) is 33.7 Å². The Morgan fingerprint density at radius 3 is 2.33 bits per heavy atom. The first-order valence-electron chi connectivity index (χ1n) is 7.15. The van der Waals surface area contributed by atoms with E-state index in [-0.39, 0.29) is 12.5 Å². The first kappa shape index (κ1) is 17.5. The number of carbonyl (C=O) groups is 1. The van der Waals surface area contributed by atoms with E-state index in [1.54, 1.807) is 12.1 Å². The lowest BCUT2D eigenvalue weighted by molar-refractivity contribution is -0.119. The highest BCUT2D eigenvalue weighted by atomic mass is 32.2. The van der Waals surface area contributed by atoms with Gasteiger partial charge < -0.3 is 5.32 Å². The van der Waals surface area contributed by atoms with Gasteiger partial charge in [-0.05, 0) is 25.5 Å². The summed E-state index contributed by atoms with van der Waals surface area (Å²) in [6.07, 6.45) is 4.14. The monoisotopic (exact) mass is 312 g/mol. The molecule has 21 heavy (non-hydrogen) atoms. The van der Waals surface area contributed by atoms with Crippen molar-refractivity contribution < 1.29 is 13.2 Å². The first-order valence-corrected chi connectivity index (χ1v) is 9.00. The van der Waals surface area contributed by atoms with Crippen molar-refractivity contribution in [1.29, 1.82) is 0 Å². The van der Waals surface area contributed by atoms with Crippen LogP contribution in [0.3, 0.4) is 0 Å². The molecule has 0 atom stereocenters. The summed E-state index contributed by atoms with van der Waals surface area (Å²) >= 11 is 0. The van der Waals surface area contributed by atoms with Gasteiger partial charge in [0.25, 0.3) is 0 Å². The van der Waals surface area contributed by atoms with E-state index in [1.807, 2.05) is 19.1 Å². The molecule has 1 amide bonds. The fourth-order valence-electron chi connectivity index (χ4n) is 1.90. The van der Waals surface area contributed by atoms with Crippen molar-refractivity contribution in [3.63, 3.8) is 0 Å². The molecule has 0 heterocycles. The molecule has 5 nitrogen and oxygen atoms in total. The van der Waals surface area contributed by atoms with Crippen molar-refractivity contribution in [2.75, 3.05) is 23.7 Å². The van der Waals surface area contributed by atoms with E-state index in [0.717, 1.165) is 35.4 Å². The van der Waals surface area contributed by atoms with Gasteiger partial charge in [-0.25, -0.2) is 8.42 Å². The number of benzene rings is 1. The minimum Gasteiger partial charge on any atom is -0.355 e. The van der Waals surface area contributed by atoms with Gasteiger partial charge in [-0.1, -0.05) is 37.5 Å². The quantitative estimate of drug-likeness (QED) is 0.747. The minimum absolute atomic E-state index is 0.186. The molecule has 0 aromatic heterocycles. The minimum atomic E-state index is -3.49. The predicted octanol–water partition coefficient (Wildman–Crippen LogP) is 2.07. The molecule has 1 aromatic rings. The molecule has 1 rings (SSSR count). The number of carbonyl (C=O) groups excluding carboxylic acids is 1. The Bertz CT molecular complexity index is 553. The number of rotatable bonds is 8. The summed E-state index contributed by atoms with van der Waals surface area (Å²) in [7, 11) is -3.49. The largest absolute Gasteiger partial charge is 0.355 e. The van der Waals surface area contributed by atoms with Gasteiger partial charge in [0, 0.05) is 6.54 Å². The number of sulfonamides is 1. The van der Waals surface area contributed by atoms with Gasteiger partial charge in [-0.2, -0.15) is 0 Å². The van der Waals surface area contributed by atoms with Crippen LogP contribution in [0.1, 0.15) is 31.7 Å². The number of unbranched alkanes of at least 4 members (excludes halogenated alkanes) is 2. The van der Waals surface area contributed by atoms with E-state index in [4.69, 9.17) is 0 Å². The van der Waals surface area contributed by atoms with Gasteiger partial charge in [-0.3, -0.25) is 9.10 Å². The maximum absolute atomic E-state index is 11.9. The average molecular weight is 312 g/mol. The molecule has 0 aliphatic carbocycles. The van der Waals surface area contributed by atoms with Crippen LogP contribution in [0.25, 0.3) is 0 Å². The summed E-state index contributed by atoms with van der Waals surface area (Å²) < 4.78 is 24.9. The van der Waals surface area contributed by atoms with Crippen LogP contribution in [-0.2, 0) is 14.8 Å². The zero-order chi connectivity index (χ0) is 15.9. The summed E-state index contributed by atoms with van der Waals surface area (Å²) in [6.45, 7) is 4.41. The molecule has 0 saturated heterocycles. The molecular formula is C15H24N2O3S. The summed E-state index contributed by atoms with van der Waals surface area (Å²) in [5.41, 5.74) is 1.54. The molecule has 0 unspecified atom stereocenters. The molecular weight excluding hydrogens is 288 g/mol. The van der Waals surface area contributed by atoms with Gasteiger partial charge in [0.1, 0.15) is 6.54 Å². The second kappa shape index (κ2) is 8.02. The third kappa shape index (κ3) is 6.16. The summed E-state index contributed by atoms with van der Waals surface area (Å²) in [5, 5.41) is 2.76. The van der Waals surface area contributed by atoms with Gasteiger partial charge in [0.15, 0.2) is 0 Å². The SMILES string of the molecule is CCCCCNC(=O)CN(c1ccc(C)cc1)S(C)(=O)=O. The molecule has 6 heteroatoms. The highest BCUT2D eigenvalue weighted by Gasteiger charge is 2.20. The molecule has 1 N–H and O–H groups in total. The van der Waals surface area contributed by atoms with E-state index in [9.17, 15) is 13.2 Å². The summed E-state index contributed by atoms with van der Waals surface area (Å²) in [4.78, 5) is 11.9. The molecule has 118 valence electrons. The Labute approximate surface area is 127 Å². The molecule has 1 aromatic carbocycles. The normalized spacial score (nSPS) is 11.2. The van der Waals surface area contributed by atoms with Crippen LogP contribution < -0.4 is 9.62 Å². The Balaban J connectivity index is 2.72. The maximum Gasteiger partial charge on any atom is 0.240 e. The topological polar surface area (TPSA) is 66.5 Å². The van der Waals surface area contributed by atoms with Crippen molar-refractivity contribution >= 4 is 21.6 Å². The zero-order valence-corrected chi connectivity index (χ0v) is 13.7. The first-order chi connectivity index (χ1) is 9.84. The van der Waals surface area contributed by atoms with Crippen molar-refractivity contribution in [2.24, 2.45) is 0 Å². The Morgan fingerprint density at radius 2 is 1.81 bits per heavy atom. The number of nitrogens with one attached hydrogen (secondary N) is 1. The van der Waals surface area contributed by atoms with Crippen LogP contribution >= 0.6 is 0 Å². The highest BCUT2D eigenvalue weighted by molar-refractivity contribution is 7.92. The number of hydrogen-bond acceptors (Lipinski definition) is 3. The van der Waals surface area contributed by atoms with Gasteiger partial charge in [0.05, 0.1) is 11.9 Å². The molecule has 0 bridgehead atoms. The standard InChI is InChI=1S/C15H24N2O3S/c1-4-5-6-11-16-15(18)12-17(21(3,19)20)14-9-7-13(2)8-10-14/h7-10H,4-6,11-12H2,1-3H3,(H,16,18). The van der Waals surface area contributed by atoms with Crippen LogP contribution in [0.4, 0.5) is 5.69 Å². The lowest BCUT2D eigenvalue weighted by Gasteiger charge is -2.22. The van der Waals surface area contributed by atoms with Crippen LogP contribution in [0.15, 0.2) is 24.3 Å². The van der Waals surface area contributed by atoms with Gasteiger partial charge >= 0.3 is 0 Å². The Morgan fingerprint density at radius 1 is 1.19 bits per heavy atom. The third-order valence-electron chi connectivity index (χ3n) is 3.11. The second-order valence-electron chi connectivity index (χ2n) is 5.16. The molecule has 0 spiro atoms. The second-order valence-corrected chi connectivity index (χ2v) is 7.07. The lowest BCUT2D eigenvalue weighted by atomic mass is 10.2. The van der Waals surface area contributed by atoms with Crippen LogP contribution in [0.5, 0.6) is 0 Å². The Kier molecular flexibility index (Phi) is 6.68. The molecule has 0 saturated carbocycles. The van der Waals surface area contributed by atoms with Crippen LogP contribution in [0, 0.1) is 6.92 Å². The lowest BCUT2D eigenvalue weighted by Crippen LogP contribution is -2.40. The summed E-state index contributed by atoms with van der Waals surface area (Å²) in [5.74, 6) is -0.280. The smallest absolute Gasteiger partial charge is 0.240 e. The van der Waals surface area contributed by atoms with Crippen molar-refractivity contribution in [1.82, 2.24) is 5.32 Å². The molecule has 0 aliphatic heterocycles. The van der Waals surface area contributed by atoms with Gasteiger partial charge in [-0.15, -0.1) is 0 Å². The van der Waals surface area contributed by atoms with Crippen molar-refractivity contribution in [3.8, 4) is 0 Å². The van der Waals surface area contributed by atoms with Gasteiger partial charge in [0.2, 0.25) is 15.9 Å². The fourth-order valence-corrected chi connectivity index (χ4v) is 2.76. The van der Waals surface area contributed by atoms with Crippen molar-refractivity contribution in [2.45, 2.75) is 33.1 Å². The zero-order valence-electron chi connectivity index (χ0n) is 12.9. The highest BCUT2D eigenvalue weighted by Crippen LogP contribution is 2.17. The molecule has 0 fully saturated rings. The molecule has 0 radical (unpaired) electrons. The molecule has 0 aliphatic rings. The summed E-state index contributed by atoms with van der Waals surface area (Å²) in [6, 6.07) is 7.07. The van der Waals surface area contributed by atoms with Crippen molar-refractivity contribution in [3.05, 3.63) is 29.8 Å². The maximum atomic E-state index is 11.9. The number of aryl methyl sites for hydroxylation is 1. The van der Waals surface area contributed by atoms with E-state index in [1.165, 1.54) is 0 Å². The number of nitrogens with zero attached hydrogens (tertiary/aromatic N) is 1. The predicted molar refractivity (Wildman–Crippen MR) is 85.9 cm³/mol. The average Bonchev–Trinajstić information content (AvgIpc) is 2.41. The van der Waals surface area contributed by atoms with E-state index in [2.05, 4.69) is 12.2 Å². The Hall–Kier alpha value is -1.56. The van der Waals surface area contributed by atoms with E-state index < -0.39 is 10.0 Å². The third-order valence-corrected chi connectivity index (χ3v) is 4.25.